The van der Waals surface area contributed by atoms with Crippen LogP contribution in [0, 0.1) is 0 Å². The van der Waals surface area contributed by atoms with Gasteiger partial charge in [-0.2, -0.15) is 10.1 Å². The lowest BCUT2D eigenvalue weighted by molar-refractivity contribution is 0.174. The second kappa shape index (κ2) is 5.76. The zero-order valence-corrected chi connectivity index (χ0v) is 15.2. The van der Waals surface area contributed by atoms with Crippen LogP contribution in [0.1, 0.15) is 26.3 Å². The van der Waals surface area contributed by atoms with Crippen LogP contribution in [-0.4, -0.2) is 33.6 Å². The molecule has 4 rings (SSSR count). The van der Waals surface area contributed by atoms with E-state index in [9.17, 15) is 4.79 Å². The number of aromatic amines is 1. The van der Waals surface area contributed by atoms with Gasteiger partial charge < -0.3 is 14.4 Å². The number of fused-ring (bicyclic) bond motifs is 2. The fourth-order valence-corrected chi connectivity index (χ4v) is 2.97. The molecule has 136 valence electrons. The molecule has 1 aromatic carbocycles. The van der Waals surface area contributed by atoms with Crippen molar-refractivity contribution >= 4 is 17.0 Å². The van der Waals surface area contributed by atoms with Gasteiger partial charge in [0.05, 0.1) is 11.7 Å². The molecule has 0 amide bonds. The fraction of sp³-hybridized carbons (Fsp3) is 0.389. The van der Waals surface area contributed by atoms with Gasteiger partial charge in [0.15, 0.2) is 17.1 Å². The Hall–Kier alpha value is -3.03. The molecule has 0 spiro atoms. The van der Waals surface area contributed by atoms with E-state index in [1.807, 2.05) is 50.9 Å². The summed E-state index contributed by atoms with van der Waals surface area (Å²) in [6, 6.07) is 5.80. The topological polar surface area (TPSA) is 85.3 Å². The molecule has 3 aromatic rings. The molecule has 0 unspecified atom stereocenters. The summed E-state index contributed by atoms with van der Waals surface area (Å²) in [5.74, 6) is 1.98. The van der Waals surface area contributed by atoms with Crippen LogP contribution in [0.5, 0.6) is 11.5 Å². The van der Waals surface area contributed by atoms with Gasteiger partial charge in [-0.15, -0.1) is 0 Å². The number of anilines is 1. The first-order valence-corrected chi connectivity index (χ1v) is 8.41. The average molecular weight is 355 g/mol. The van der Waals surface area contributed by atoms with E-state index in [0.29, 0.717) is 23.5 Å². The summed E-state index contributed by atoms with van der Waals surface area (Å²) in [7, 11) is 1.88. The highest BCUT2D eigenvalue weighted by Crippen LogP contribution is 2.33. The summed E-state index contributed by atoms with van der Waals surface area (Å²) in [5.41, 5.74) is 1.14. The van der Waals surface area contributed by atoms with Crippen molar-refractivity contribution in [1.82, 2.24) is 19.7 Å². The Bertz CT molecular complexity index is 1030. The van der Waals surface area contributed by atoms with Gasteiger partial charge in [0, 0.05) is 13.6 Å². The van der Waals surface area contributed by atoms with Gasteiger partial charge in [-0.25, -0.2) is 4.68 Å². The maximum absolute atomic E-state index is 12.4. The Kier molecular flexibility index (Phi) is 3.64. The summed E-state index contributed by atoms with van der Waals surface area (Å²) in [4.78, 5) is 21.8. The second-order valence-electron chi connectivity index (χ2n) is 7.40. The Morgan fingerprint density at radius 3 is 2.81 bits per heavy atom. The maximum atomic E-state index is 12.4. The van der Waals surface area contributed by atoms with Gasteiger partial charge in [-0.1, -0.05) is 6.07 Å². The van der Waals surface area contributed by atoms with Crippen LogP contribution in [0.2, 0.25) is 0 Å². The SMILES string of the molecule is CN(Cc1ccc2c(c1)OCO2)c1nc2c(cnn2C(C)(C)C)c(=O)[nH]1. The van der Waals surface area contributed by atoms with E-state index in [1.54, 1.807) is 10.9 Å². The summed E-state index contributed by atoms with van der Waals surface area (Å²) >= 11 is 0. The zero-order valence-electron chi connectivity index (χ0n) is 15.2. The largest absolute Gasteiger partial charge is 0.454 e. The van der Waals surface area contributed by atoms with E-state index in [0.717, 1.165) is 17.1 Å². The van der Waals surface area contributed by atoms with Crippen LogP contribution >= 0.6 is 0 Å². The molecule has 0 fully saturated rings. The number of nitrogens with zero attached hydrogens (tertiary/aromatic N) is 4. The van der Waals surface area contributed by atoms with Crippen LogP contribution < -0.4 is 19.9 Å². The monoisotopic (exact) mass is 355 g/mol. The predicted octanol–water partition coefficient (Wildman–Crippen LogP) is 2.24. The minimum atomic E-state index is -0.268. The molecule has 1 aliphatic heterocycles. The van der Waals surface area contributed by atoms with Gasteiger partial charge >= 0.3 is 0 Å². The first-order valence-electron chi connectivity index (χ1n) is 8.41. The molecular weight excluding hydrogens is 334 g/mol. The van der Waals surface area contributed by atoms with Crippen LogP contribution in [0.4, 0.5) is 5.95 Å². The minimum Gasteiger partial charge on any atom is -0.454 e. The number of aromatic nitrogens is 4. The maximum Gasteiger partial charge on any atom is 0.263 e. The Morgan fingerprint density at radius 2 is 2.04 bits per heavy atom. The lowest BCUT2D eigenvalue weighted by Gasteiger charge is -2.21. The molecule has 0 bridgehead atoms. The molecule has 0 saturated heterocycles. The van der Waals surface area contributed by atoms with E-state index >= 15 is 0 Å². The van der Waals surface area contributed by atoms with Crippen molar-refractivity contribution in [2.75, 3.05) is 18.7 Å². The smallest absolute Gasteiger partial charge is 0.263 e. The minimum absolute atomic E-state index is 0.196. The van der Waals surface area contributed by atoms with Crippen molar-refractivity contribution in [3.8, 4) is 11.5 Å². The van der Waals surface area contributed by atoms with Crippen molar-refractivity contribution < 1.29 is 9.47 Å². The van der Waals surface area contributed by atoms with Crippen LogP contribution in [0.25, 0.3) is 11.0 Å². The normalized spacial score (nSPS) is 13.4. The van der Waals surface area contributed by atoms with Gasteiger partial charge in [-0.3, -0.25) is 9.78 Å². The molecule has 0 saturated carbocycles. The Balaban J connectivity index is 1.68. The number of rotatable bonds is 3. The van der Waals surface area contributed by atoms with Gasteiger partial charge in [0.25, 0.3) is 5.56 Å². The summed E-state index contributed by atoms with van der Waals surface area (Å²) in [5, 5.41) is 4.82. The Labute approximate surface area is 150 Å². The predicted molar refractivity (Wildman–Crippen MR) is 97.8 cm³/mol. The van der Waals surface area contributed by atoms with Crippen LogP contribution in [0.3, 0.4) is 0 Å². The van der Waals surface area contributed by atoms with Gasteiger partial charge in [-0.05, 0) is 38.5 Å². The molecule has 0 radical (unpaired) electrons. The molecule has 8 nitrogen and oxygen atoms in total. The number of H-pyrrole nitrogens is 1. The first-order chi connectivity index (χ1) is 12.3. The lowest BCUT2D eigenvalue weighted by Crippen LogP contribution is -2.26. The Morgan fingerprint density at radius 1 is 1.27 bits per heavy atom. The highest BCUT2D eigenvalue weighted by molar-refractivity contribution is 5.74. The van der Waals surface area contributed by atoms with Crippen molar-refractivity contribution in [2.24, 2.45) is 0 Å². The molecule has 2 aromatic heterocycles. The van der Waals surface area contributed by atoms with E-state index < -0.39 is 0 Å². The molecule has 26 heavy (non-hydrogen) atoms. The standard InChI is InChI=1S/C18H21N5O3/c1-18(2,3)23-15-12(8-19-23)16(24)21-17(20-15)22(4)9-11-5-6-13-14(7-11)26-10-25-13/h5-8H,9-10H2,1-4H3,(H,20,21,24). The molecular formula is C18H21N5O3. The highest BCUT2D eigenvalue weighted by Gasteiger charge is 2.21. The number of hydrogen-bond acceptors (Lipinski definition) is 6. The molecule has 3 heterocycles. The summed E-state index contributed by atoms with van der Waals surface area (Å²) in [6.45, 7) is 6.89. The number of hydrogen-bond donors (Lipinski definition) is 1. The molecule has 1 N–H and O–H groups in total. The van der Waals surface area contributed by atoms with Crippen LogP contribution in [-0.2, 0) is 12.1 Å². The van der Waals surface area contributed by atoms with Gasteiger partial charge in [0.1, 0.15) is 5.39 Å². The molecule has 1 aliphatic rings. The zero-order chi connectivity index (χ0) is 18.5. The van der Waals surface area contributed by atoms with Crippen molar-refractivity contribution in [1.29, 1.82) is 0 Å². The molecule has 0 aliphatic carbocycles. The number of nitrogens with one attached hydrogen (secondary N) is 1. The van der Waals surface area contributed by atoms with Crippen LogP contribution in [0.15, 0.2) is 29.2 Å². The van der Waals surface area contributed by atoms with E-state index in [2.05, 4.69) is 15.1 Å². The number of benzene rings is 1. The highest BCUT2D eigenvalue weighted by atomic mass is 16.7. The summed E-state index contributed by atoms with van der Waals surface area (Å²) in [6.07, 6.45) is 1.56. The van der Waals surface area contributed by atoms with E-state index in [4.69, 9.17) is 9.47 Å². The first kappa shape index (κ1) is 16.4. The third kappa shape index (κ3) is 2.77. The lowest BCUT2D eigenvalue weighted by atomic mass is 10.1. The van der Waals surface area contributed by atoms with Crippen molar-refractivity contribution in [2.45, 2.75) is 32.9 Å². The van der Waals surface area contributed by atoms with Gasteiger partial charge in [0.2, 0.25) is 12.7 Å². The number of ether oxygens (including phenoxy) is 2. The average Bonchev–Trinajstić information content (AvgIpc) is 3.20. The third-order valence-electron chi connectivity index (χ3n) is 4.28. The van der Waals surface area contributed by atoms with Crippen molar-refractivity contribution in [3.05, 3.63) is 40.3 Å². The van der Waals surface area contributed by atoms with Crippen molar-refractivity contribution in [3.63, 3.8) is 0 Å². The molecule has 0 atom stereocenters. The van der Waals surface area contributed by atoms with E-state index in [-0.39, 0.29) is 17.9 Å². The molecule has 8 heteroatoms. The quantitative estimate of drug-likeness (QED) is 0.775. The summed E-state index contributed by atoms with van der Waals surface area (Å²) < 4.78 is 12.5. The fourth-order valence-electron chi connectivity index (χ4n) is 2.97. The third-order valence-corrected chi connectivity index (χ3v) is 4.28. The second-order valence-corrected chi connectivity index (χ2v) is 7.40. The van der Waals surface area contributed by atoms with E-state index in [1.165, 1.54) is 0 Å².